The third-order valence-corrected chi connectivity index (χ3v) is 5.78. The number of aryl methyl sites for hydroxylation is 1. The van der Waals surface area contributed by atoms with Gasteiger partial charge in [-0.05, 0) is 36.2 Å². The average molecular weight is 423 g/mol. The highest BCUT2D eigenvalue weighted by Gasteiger charge is 2.27. The van der Waals surface area contributed by atoms with Crippen LogP contribution in [0.5, 0.6) is 0 Å². The summed E-state index contributed by atoms with van der Waals surface area (Å²) in [4.78, 5) is 10.9. The lowest BCUT2D eigenvalue weighted by molar-refractivity contribution is -0.386. The van der Waals surface area contributed by atoms with Crippen molar-refractivity contribution in [3.8, 4) is 0 Å². The number of halogens is 2. The zero-order valence-corrected chi connectivity index (χ0v) is 16.7. The Kier molecular flexibility index (Phi) is 6.42. The fourth-order valence-electron chi connectivity index (χ4n) is 2.75. The Hall–Kier alpha value is -2.02. The van der Waals surface area contributed by atoms with Crippen LogP contribution < -0.4 is 0 Å². The van der Waals surface area contributed by atoms with E-state index in [1.807, 2.05) is 42.5 Å². The van der Waals surface area contributed by atoms with E-state index in [9.17, 15) is 10.1 Å². The Balaban J connectivity index is 1.90. The summed E-state index contributed by atoms with van der Waals surface area (Å²) in [7, 11) is 0. The Bertz CT molecular complexity index is 927. The minimum atomic E-state index is -0.453. The predicted octanol–water partition coefficient (Wildman–Crippen LogP) is 6.42. The fourth-order valence-corrected chi connectivity index (χ4v) is 4.48. The van der Waals surface area contributed by atoms with Crippen LogP contribution in [0.3, 0.4) is 0 Å². The van der Waals surface area contributed by atoms with Crippen LogP contribution in [0.25, 0.3) is 0 Å². The first kappa shape index (κ1) is 19.7. The minimum Gasteiger partial charge on any atom is -0.354 e. The summed E-state index contributed by atoms with van der Waals surface area (Å²) in [6.07, 6.45) is 0.311. The van der Waals surface area contributed by atoms with Crippen molar-refractivity contribution in [1.29, 1.82) is 0 Å². The van der Waals surface area contributed by atoms with Gasteiger partial charge in [-0.1, -0.05) is 58.7 Å². The molecule has 3 rings (SSSR count). The van der Waals surface area contributed by atoms with E-state index in [0.717, 1.165) is 16.9 Å². The molecule has 0 fully saturated rings. The van der Waals surface area contributed by atoms with E-state index in [1.54, 1.807) is 24.8 Å². The summed E-state index contributed by atoms with van der Waals surface area (Å²) >= 11 is 14.0. The molecular weight excluding hydrogens is 407 g/mol. The van der Waals surface area contributed by atoms with Crippen LogP contribution in [0.2, 0.25) is 10.0 Å². The maximum absolute atomic E-state index is 11.4. The molecule has 2 aromatic carbocycles. The molecule has 0 aliphatic rings. The number of thioether (sulfide) groups is 1. The van der Waals surface area contributed by atoms with Gasteiger partial charge in [0.1, 0.15) is 0 Å². The van der Waals surface area contributed by atoms with Crippen LogP contribution in [0.15, 0.2) is 53.1 Å². The largest absolute Gasteiger partial charge is 0.354 e. The molecule has 0 amide bonds. The van der Waals surface area contributed by atoms with Crippen molar-refractivity contribution in [2.24, 2.45) is 0 Å². The average Bonchev–Trinajstić information content (AvgIpc) is 2.99. The second-order valence-corrected chi connectivity index (χ2v) is 8.05. The summed E-state index contributed by atoms with van der Waals surface area (Å²) in [6, 6.07) is 15.3. The van der Waals surface area contributed by atoms with Gasteiger partial charge in [0.25, 0.3) is 0 Å². The summed E-state index contributed by atoms with van der Waals surface area (Å²) < 4.78 is 5.25. The third kappa shape index (κ3) is 5.03. The topological polar surface area (TPSA) is 69.2 Å². The molecule has 0 aliphatic heterocycles. The zero-order valence-electron chi connectivity index (χ0n) is 14.4. The molecule has 5 nitrogen and oxygen atoms in total. The molecule has 1 aromatic heterocycles. The number of nitrogens with zero attached hydrogens (tertiary/aromatic N) is 2. The van der Waals surface area contributed by atoms with Crippen LogP contribution in [-0.2, 0) is 12.2 Å². The molecule has 1 heterocycles. The first-order valence-corrected chi connectivity index (χ1v) is 9.95. The Morgan fingerprint density at radius 2 is 1.85 bits per heavy atom. The van der Waals surface area contributed by atoms with Crippen LogP contribution in [-0.4, -0.2) is 10.1 Å². The molecule has 27 heavy (non-hydrogen) atoms. The van der Waals surface area contributed by atoms with E-state index in [0.29, 0.717) is 16.5 Å². The van der Waals surface area contributed by atoms with E-state index >= 15 is 0 Å². The van der Waals surface area contributed by atoms with Crippen molar-refractivity contribution in [3.63, 3.8) is 0 Å². The molecule has 0 spiro atoms. The summed E-state index contributed by atoms with van der Waals surface area (Å²) in [5, 5.41) is 16.0. The highest BCUT2D eigenvalue weighted by atomic mass is 35.5. The number of benzene rings is 2. The summed E-state index contributed by atoms with van der Waals surface area (Å²) in [5.74, 6) is 0.982. The van der Waals surface area contributed by atoms with Gasteiger partial charge < -0.3 is 4.52 Å². The monoisotopic (exact) mass is 422 g/mol. The van der Waals surface area contributed by atoms with Gasteiger partial charge in [-0.25, -0.2) is 0 Å². The van der Waals surface area contributed by atoms with Gasteiger partial charge in [-0.15, -0.1) is 11.8 Å². The van der Waals surface area contributed by atoms with Gasteiger partial charge >= 0.3 is 5.69 Å². The van der Waals surface area contributed by atoms with Crippen molar-refractivity contribution in [3.05, 3.63) is 91.3 Å². The Morgan fingerprint density at radius 1 is 1.19 bits per heavy atom. The van der Waals surface area contributed by atoms with Gasteiger partial charge in [0.15, 0.2) is 5.69 Å². The predicted molar refractivity (Wildman–Crippen MR) is 109 cm³/mol. The molecule has 0 saturated carbocycles. The molecule has 8 heteroatoms. The van der Waals surface area contributed by atoms with Gasteiger partial charge in [0.2, 0.25) is 5.76 Å². The van der Waals surface area contributed by atoms with Crippen LogP contribution >= 0.6 is 35.0 Å². The lowest BCUT2D eigenvalue weighted by Gasteiger charge is -2.16. The number of hydrogen-bond acceptors (Lipinski definition) is 5. The molecular formula is C19H16Cl2N2O3S. The van der Waals surface area contributed by atoms with E-state index in [2.05, 4.69) is 5.16 Å². The number of rotatable bonds is 7. The summed E-state index contributed by atoms with van der Waals surface area (Å²) in [5.41, 5.74) is 2.24. The van der Waals surface area contributed by atoms with Crippen molar-refractivity contribution < 1.29 is 9.45 Å². The number of hydrogen-bond donors (Lipinski definition) is 0. The van der Waals surface area contributed by atoms with Crippen LogP contribution in [0, 0.1) is 17.0 Å². The second-order valence-electron chi connectivity index (χ2n) is 5.99. The molecule has 1 atom stereocenters. The first-order valence-electron chi connectivity index (χ1n) is 8.15. The highest BCUT2D eigenvalue weighted by molar-refractivity contribution is 7.98. The number of nitro groups is 1. The Labute approximate surface area is 170 Å². The van der Waals surface area contributed by atoms with Gasteiger partial charge in [-0.2, -0.15) is 0 Å². The van der Waals surface area contributed by atoms with Gasteiger partial charge in [0, 0.05) is 27.5 Å². The van der Waals surface area contributed by atoms with Crippen molar-refractivity contribution >= 4 is 40.7 Å². The molecule has 1 unspecified atom stereocenters. The Morgan fingerprint density at radius 3 is 2.48 bits per heavy atom. The summed E-state index contributed by atoms with van der Waals surface area (Å²) in [6.45, 7) is 1.56. The molecule has 0 radical (unpaired) electrons. The number of aromatic nitrogens is 1. The van der Waals surface area contributed by atoms with Crippen LogP contribution in [0.4, 0.5) is 5.69 Å². The third-order valence-electron chi connectivity index (χ3n) is 4.00. The zero-order chi connectivity index (χ0) is 19.4. The standard InChI is InChI=1S/C19H16Cl2N2O3S/c1-12-19(23(24)25)17(26-22-12)10-18(14-7-15(20)9-16(21)8-14)27-11-13-5-3-2-4-6-13/h2-9,18H,10-11H2,1H3. The van der Waals surface area contributed by atoms with E-state index < -0.39 is 4.92 Å². The van der Waals surface area contributed by atoms with Crippen molar-refractivity contribution in [2.75, 3.05) is 0 Å². The normalized spacial score (nSPS) is 12.1. The molecule has 0 N–H and O–H groups in total. The second kappa shape index (κ2) is 8.78. The molecule has 0 aliphatic carbocycles. The van der Waals surface area contributed by atoms with Crippen molar-refractivity contribution in [2.45, 2.75) is 24.3 Å². The molecule has 0 bridgehead atoms. The minimum absolute atomic E-state index is 0.0755. The molecule has 3 aromatic rings. The smallest absolute Gasteiger partial charge is 0.334 e. The van der Waals surface area contributed by atoms with Gasteiger partial charge in [0.05, 0.1) is 4.92 Å². The first-order chi connectivity index (χ1) is 12.9. The van der Waals surface area contributed by atoms with E-state index in [-0.39, 0.29) is 22.4 Å². The van der Waals surface area contributed by atoms with E-state index in [1.165, 1.54) is 0 Å². The fraction of sp³-hybridized carbons (Fsp3) is 0.211. The molecule has 140 valence electrons. The lowest BCUT2D eigenvalue weighted by atomic mass is 10.1. The lowest BCUT2D eigenvalue weighted by Crippen LogP contribution is -2.02. The van der Waals surface area contributed by atoms with Crippen molar-refractivity contribution in [1.82, 2.24) is 5.16 Å². The molecule has 0 saturated heterocycles. The van der Waals surface area contributed by atoms with E-state index in [4.69, 9.17) is 27.7 Å². The quantitative estimate of drug-likeness (QED) is 0.324. The maximum Gasteiger partial charge on any atom is 0.334 e. The maximum atomic E-state index is 11.4. The SMILES string of the molecule is Cc1noc(CC(SCc2ccccc2)c2cc(Cl)cc(Cl)c2)c1[N+](=O)[O-]. The highest BCUT2D eigenvalue weighted by Crippen LogP contribution is 2.39. The van der Waals surface area contributed by atoms with Gasteiger partial charge in [-0.3, -0.25) is 10.1 Å². The van der Waals surface area contributed by atoms with Crippen LogP contribution in [0.1, 0.15) is 27.8 Å².